The highest BCUT2D eigenvalue weighted by Crippen LogP contribution is 2.38. The van der Waals surface area contributed by atoms with Crippen LogP contribution in [0.25, 0.3) is 0 Å². The number of allylic oxidation sites excluding steroid dienone is 1. The first-order valence-electron chi connectivity index (χ1n) is 9.78. The average Bonchev–Trinajstić information content (AvgIpc) is 3.25. The van der Waals surface area contributed by atoms with Crippen LogP contribution in [0.15, 0.2) is 42.5 Å². The second-order valence-electron chi connectivity index (χ2n) is 7.54. The molecule has 0 radical (unpaired) electrons. The van der Waals surface area contributed by atoms with Crippen molar-refractivity contribution in [3.63, 3.8) is 0 Å². The third-order valence-corrected chi connectivity index (χ3v) is 5.57. The summed E-state index contributed by atoms with van der Waals surface area (Å²) in [6.45, 7) is 1.60. The lowest BCUT2D eigenvalue weighted by Gasteiger charge is -2.31. The molecular formula is C21H26N2O6. The number of likely N-dealkylation sites (tertiary alicyclic amines) is 1. The number of fused-ring (bicyclic) bond motifs is 1. The summed E-state index contributed by atoms with van der Waals surface area (Å²) >= 11 is 0. The maximum absolute atomic E-state index is 13.1. The van der Waals surface area contributed by atoms with Crippen LogP contribution in [-0.2, 0) is 20.7 Å². The smallest absolute Gasteiger partial charge is 0.480 e. The van der Waals surface area contributed by atoms with Gasteiger partial charge in [0.1, 0.15) is 6.04 Å². The van der Waals surface area contributed by atoms with Crippen molar-refractivity contribution in [3.8, 4) is 0 Å². The third kappa shape index (κ3) is 4.95. The van der Waals surface area contributed by atoms with Gasteiger partial charge in [0.05, 0.1) is 12.1 Å². The Hall–Kier alpha value is -2.87. The van der Waals surface area contributed by atoms with E-state index in [0.717, 1.165) is 12.0 Å². The number of rotatable bonds is 8. The van der Waals surface area contributed by atoms with Crippen molar-refractivity contribution >= 4 is 18.0 Å². The second kappa shape index (κ2) is 9.09. The number of carboxylic acid groups (broad SMARTS) is 2. The Balaban J connectivity index is 1.65. The minimum absolute atomic E-state index is 0.129. The highest BCUT2D eigenvalue weighted by Gasteiger charge is 2.47. The SMILES string of the molecule is C[C@H](N[C@@H](CCc1ccccc1)C(=O)O)C(=O)N1[C@@H](OC(=O)O)C[C@@H]2CC=C[C@H]21. The van der Waals surface area contributed by atoms with Crippen molar-refractivity contribution in [2.75, 3.05) is 0 Å². The second-order valence-corrected chi connectivity index (χ2v) is 7.54. The molecule has 8 nitrogen and oxygen atoms in total. The van der Waals surface area contributed by atoms with E-state index in [1.807, 2.05) is 42.5 Å². The predicted octanol–water partition coefficient (Wildman–Crippen LogP) is 2.25. The van der Waals surface area contributed by atoms with E-state index < -0.39 is 30.4 Å². The number of carbonyl (C=O) groups excluding carboxylic acids is 1. The summed E-state index contributed by atoms with van der Waals surface area (Å²) in [7, 11) is 0. The number of hydrogen-bond acceptors (Lipinski definition) is 5. The summed E-state index contributed by atoms with van der Waals surface area (Å²) < 4.78 is 4.93. The van der Waals surface area contributed by atoms with Crippen LogP contribution >= 0.6 is 0 Å². The van der Waals surface area contributed by atoms with Gasteiger partial charge < -0.3 is 14.9 Å². The predicted molar refractivity (Wildman–Crippen MR) is 104 cm³/mol. The van der Waals surface area contributed by atoms with Crippen LogP contribution in [0.5, 0.6) is 0 Å². The average molecular weight is 402 g/mol. The minimum Gasteiger partial charge on any atom is -0.480 e. The number of nitrogens with zero attached hydrogens (tertiary/aromatic N) is 1. The molecule has 29 heavy (non-hydrogen) atoms. The van der Waals surface area contributed by atoms with E-state index in [1.54, 1.807) is 6.92 Å². The Bertz CT molecular complexity index is 781. The number of carbonyl (C=O) groups is 3. The Labute approximate surface area is 169 Å². The lowest BCUT2D eigenvalue weighted by atomic mass is 10.0. The molecule has 8 heteroatoms. The number of aliphatic carboxylic acids is 1. The Morgan fingerprint density at radius 3 is 2.62 bits per heavy atom. The van der Waals surface area contributed by atoms with Gasteiger partial charge in [-0.3, -0.25) is 19.8 Å². The number of amides is 1. The van der Waals surface area contributed by atoms with E-state index in [0.29, 0.717) is 19.3 Å². The van der Waals surface area contributed by atoms with Crippen LogP contribution < -0.4 is 5.32 Å². The first-order valence-corrected chi connectivity index (χ1v) is 9.78. The van der Waals surface area contributed by atoms with Gasteiger partial charge in [0.25, 0.3) is 0 Å². The summed E-state index contributed by atoms with van der Waals surface area (Å²) in [6.07, 6.45) is 3.70. The van der Waals surface area contributed by atoms with Gasteiger partial charge in [0.2, 0.25) is 5.91 Å². The van der Waals surface area contributed by atoms with E-state index in [1.165, 1.54) is 4.90 Å². The molecule has 3 rings (SSSR count). The van der Waals surface area contributed by atoms with Crippen molar-refractivity contribution in [1.82, 2.24) is 10.2 Å². The zero-order chi connectivity index (χ0) is 21.0. The van der Waals surface area contributed by atoms with Gasteiger partial charge in [0, 0.05) is 6.42 Å². The molecule has 1 amide bonds. The monoisotopic (exact) mass is 402 g/mol. The van der Waals surface area contributed by atoms with Gasteiger partial charge in [-0.2, -0.15) is 0 Å². The first kappa shape index (κ1) is 20.9. The van der Waals surface area contributed by atoms with E-state index in [2.05, 4.69) is 5.32 Å². The normalized spacial score (nSPS) is 24.7. The zero-order valence-electron chi connectivity index (χ0n) is 16.2. The Kier molecular flexibility index (Phi) is 6.53. The fourth-order valence-electron chi connectivity index (χ4n) is 4.15. The molecular weight excluding hydrogens is 376 g/mol. The van der Waals surface area contributed by atoms with Crippen LogP contribution in [0.2, 0.25) is 0 Å². The molecule has 0 saturated carbocycles. The molecule has 1 aliphatic heterocycles. The molecule has 0 bridgehead atoms. The van der Waals surface area contributed by atoms with Crippen molar-refractivity contribution in [1.29, 1.82) is 0 Å². The Morgan fingerprint density at radius 2 is 1.97 bits per heavy atom. The van der Waals surface area contributed by atoms with E-state index >= 15 is 0 Å². The standard InChI is InChI=1S/C21H26N2O6/c1-13(22-16(20(25)26)11-10-14-6-3-2-4-7-14)19(24)23-17-9-5-8-15(17)12-18(23)29-21(27)28/h2-7,9,13,15-18,22H,8,10-12H2,1H3,(H,25,26)(H,27,28)/t13-,15-,16-,17+,18-/m0/s1. The molecule has 5 atom stereocenters. The van der Waals surface area contributed by atoms with E-state index in [4.69, 9.17) is 9.84 Å². The Morgan fingerprint density at radius 1 is 1.24 bits per heavy atom. The summed E-state index contributed by atoms with van der Waals surface area (Å²) in [4.78, 5) is 37.2. The van der Waals surface area contributed by atoms with Gasteiger partial charge in [-0.05, 0) is 37.7 Å². The van der Waals surface area contributed by atoms with E-state index in [-0.39, 0.29) is 17.9 Å². The summed E-state index contributed by atoms with van der Waals surface area (Å²) in [5.74, 6) is -1.26. The maximum atomic E-state index is 13.1. The van der Waals surface area contributed by atoms with Gasteiger partial charge in [-0.15, -0.1) is 0 Å². The summed E-state index contributed by atoms with van der Waals surface area (Å²) in [6, 6.07) is 7.64. The summed E-state index contributed by atoms with van der Waals surface area (Å²) in [5.41, 5.74) is 1.02. The van der Waals surface area contributed by atoms with Crippen molar-refractivity contribution < 1.29 is 29.3 Å². The fourth-order valence-corrected chi connectivity index (χ4v) is 4.15. The number of benzene rings is 1. The van der Waals surface area contributed by atoms with Gasteiger partial charge in [-0.25, -0.2) is 4.79 Å². The molecule has 1 aliphatic carbocycles. The minimum atomic E-state index is -1.43. The van der Waals surface area contributed by atoms with E-state index in [9.17, 15) is 19.5 Å². The zero-order valence-corrected chi connectivity index (χ0v) is 16.2. The molecule has 3 N–H and O–H groups in total. The van der Waals surface area contributed by atoms with Crippen LogP contribution in [0, 0.1) is 5.92 Å². The molecule has 0 spiro atoms. The molecule has 0 unspecified atom stereocenters. The van der Waals surface area contributed by atoms with Crippen molar-refractivity contribution in [2.45, 2.75) is 57.0 Å². The topological polar surface area (TPSA) is 116 Å². The van der Waals surface area contributed by atoms with Crippen LogP contribution in [0.3, 0.4) is 0 Å². The molecule has 1 aromatic rings. The summed E-state index contributed by atoms with van der Waals surface area (Å²) in [5, 5.41) is 21.5. The highest BCUT2D eigenvalue weighted by molar-refractivity contribution is 5.84. The number of ether oxygens (including phenoxy) is 1. The van der Waals surface area contributed by atoms with Crippen molar-refractivity contribution in [2.24, 2.45) is 5.92 Å². The molecule has 1 fully saturated rings. The number of carboxylic acids is 1. The fraction of sp³-hybridized carbons (Fsp3) is 0.476. The molecule has 156 valence electrons. The van der Waals surface area contributed by atoms with Crippen LogP contribution in [0.4, 0.5) is 4.79 Å². The molecule has 0 aromatic heterocycles. The molecule has 1 saturated heterocycles. The van der Waals surface area contributed by atoms with Crippen molar-refractivity contribution in [3.05, 3.63) is 48.0 Å². The number of aryl methyl sites for hydroxylation is 1. The molecule has 2 aliphatic rings. The quantitative estimate of drug-likeness (QED) is 0.451. The molecule has 1 aromatic carbocycles. The van der Waals surface area contributed by atoms with Crippen LogP contribution in [-0.4, -0.2) is 57.5 Å². The maximum Gasteiger partial charge on any atom is 0.507 e. The van der Waals surface area contributed by atoms with Gasteiger partial charge >= 0.3 is 12.1 Å². The first-order chi connectivity index (χ1) is 13.9. The molecule has 1 heterocycles. The largest absolute Gasteiger partial charge is 0.507 e. The van der Waals surface area contributed by atoms with Gasteiger partial charge in [0.15, 0.2) is 6.23 Å². The third-order valence-electron chi connectivity index (χ3n) is 5.57. The number of nitrogens with one attached hydrogen (secondary N) is 1. The lowest BCUT2D eigenvalue weighted by Crippen LogP contribution is -2.54. The van der Waals surface area contributed by atoms with Crippen LogP contribution in [0.1, 0.15) is 31.7 Å². The van der Waals surface area contributed by atoms with Gasteiger partial charge in [-0.1, -0.05) is 42.5 Å². The number of hydrogen-bond donors (Lipinski definition) is 3. The lowest BCUT2D eigenvalue weighted by molar-refractivity contribution is -0.144. The highest BCUT2D eigenvalue weighted by atomic mass is 16.7.